The first-order valence-electron chi connectivity index (χ1n) is 6.25. The van der Waals surface area contributed by atoms with Crippen LogP contribution in [0.3, 0.4) is 0 Å². The second-order valence-electron chi connectivity index (χ2n) is 5.11. The van der Waals surface area contributed by atoms with Gasteiger partial charge < -0.3 is 9.52 Å². The average Bonchev–Trinajstić information content (AvgIpc) is 2.86. The van der Waals surface area contributed by atoms with Crippen LogP contribution >= 0.6 is 0 Å². The number of carbonyl (C=O) groups is 1. The van der Waals surface area contributed by atoms with E-state index in [4.69, 9.17) is 4.42 Å². The summed E-state index contributed by atoms with van der Waals surface area (Å²) in [4.78, 5) is 15.4. The van der Waals surface area contributed by atoms with Gasteiger partial charge in [0.2, 0.25) is 5.89 Å². The molecule has 0 aliphatic carbocycles. The van der Waals surface area contributed by atoms with Gasteiger partial charge in [0, 0.05) is 11.0 Å². The van der Waals surface area contributed by atoms with E-state index in [2.05, 4.69) is 4.98 Å². The Labute approximate surface area is 112 Å². The van der Waals surface area contributed by atoms with Crippen LogP contribution in [0.15, 0.2) is 34.7 Å². The molecule has 1 N–H and O–H groups in total. The molecular weight excluding hydrogens is 242 g/mol. The number of carboxylic acids is 1. The molecule has 0 amide bonds. The molecule has 19 heavy (non-hydrogen) atoms. The molecule has 0 saturated carbocycles. The fourth-order valence-electron chi connectivity index (χ4n) is 1.79. The Morgan fingerprint density at radius 1 is 1.32 bits per heavy atom. The Morgan fingerprint density at radius 2 is 1.95 bits per heavy atom. The molecule has 4 heteroatoms. The molecule has 0 bridgehead atoms. The number of hydrogen-bond donors (Lipinski definition) is 1. The Balaban J connectivity index is 2.56. The second-order valence-corrected chi connectivity index (χ2v) is 5.11. The van der Waals surface area contributed by atoms with Crippen molar-refractivity contribution in [3.63, 3.8) is 0 Å². The van der Waals surface area contributed by atoms with Crippen molar-refractivity contribution in [1.82, 2.24) is 4.98 Å². The SMILES string of the molecule is CCC(C)(C)c1oc(-c2ccccc2)nc1C(=O)O. The van der Waals surface area contributed by atoms with Crippen molar-refractivity contribution >= 4 is 5.97 Å². The van der Waals surface area contributed by atoms with Gasteiger partial charge in [0.25, 0.3) is 0 Å². The molecule has 1 aromatic heterocycles. The number of benzene rings is 1. The van der Waals surface area contributed by atoms with Crippen molar-refractivity contribution in [2.24, 2.45) is 0 Å². The third-order valence-electron chi connectivity index (χ3n) is 3.35. The van der Waals surface area contributed by atoms with Gasteiger partial charge in [-0.2, -0.15) is 0 Å². The molecule has 0 spiro atoms. The number of rotatable bonds is 4. The summed E-state index contributed by atoms with van der Waals surface area (Å²) in [6.07, 6.45) is 0.775. The van der Waals surface area contributed by atoms with Gasteiger partial charge in [-0.15, -0.1) is 0 Å². The van der Waals surface area contributed by atoms with Crippen LogP contribution in [0.5, 0.6) is 0 Å². The molecule has 0 fully saturated rings. The van der Waals surface area contributed by atoms with Crippen LogP contribution in [0.25, 0.3) is 11.5 Å². The van der Waals surface area contributed by atoms with Crippen LogP contribution in [-0.2, 0) is 5.41 Å². The largest absolute Gasteiger partial charge is 0.476 e. The van der Waals surface area contributed by atoms with Crippen LogP contribution in [0.4, 0.5) is 0 Å². The van der Waals surface area contributed by atoms with Gasteiger partial charge in [-0.25, -0.2) is 9.78 Å². The van der Waals surface area contributed by atoms with Gasteiger partial charge in [0.05, 0.1) is 0 Å². The molecule has 0 saturated heterocycles. The molecule has 2 rings (SSSR count). The minimum atomic E-state index is -1.05. The van der Waals surface area contributed by atoms with Gasteiger partial charge in [0.1, 0.15) is 5.76 Å². The maximum absolute atomic E-state index is 11.3. The Morgan fingerprint density at radius 3 is 2.47 bits per heavy atom. The van der Waals surface area contributed by atoms with Crippen LogP contribution in [0.2, 0.25) is 0 Å². The van der Waals surface area contributed by atoms with Crippen molar-refractivity contribution < 1.29 is 14.3 Å². The fraction of sp³-hybridized carbons (Fsp3) is 0.333. The molecule has 0 aliphatic rings. The lowest BCUT2D eigenvalue weighted by molar-refractivity contribution is 0.0686. The van der Waals surface area contributed by atoms with E-state index in [0.29, 0.717) is 11.7 Å². The molecular formula is C15H17NO3. The third kappa shape index (κ3) is 2.52. The van der Waals surface area contributed by atoms with Crippen LogP contribution < -0.4 is 0 Å². The van der Waals surface area contributed by atoms with Crippen molar-refractivity contribution in [2.75, 3.05) is 0 Å². The molecule has 0 aliphatic heterocycles. The highest BCUT2D eigenvalue weighted by atomic mass is 16.4. The summed E-state index contributed by atoms with van der Waals surface area (Å²) >= 11 is 0. The molecule has 0 atom stereocenters. The summed E-state index contributed by atoms with van der Waals surface area (Å²) in [5.41, 5.74) is 0.433. The number of oxazole rings is 1. The van der Waals surface area contributed by atoms with E-state index in [-0.39, 0.29) is 11.1 Å². The Hall–Kier alpha value is -2.10. The highest BCUT2D eigenvalue weighted by Crippen LogP contribution is 2.33. The van der Waals surface area contributed by atoms with E-state index in [1.54, 1.807) is 0 Å². The molecule has 100 valence electrons. The minimum absolute atomic E-state index is 0.00528. The predicted molar refractivity (Wildman–Crippen MR) is 72.2 cm³/mol. The van der Waals surface area contributed by atoms with Gasteiger partial charge in [-0.3, -0.25) is 0 Å². The summed E-state index contributed by atoms with van der Waals surface area (Å²) in [6, 6.07) is 9.32. The second kappa shape index (κ2) is 4.88. The topological polar surface area (TPSA) is 63.3 Å². The van der Waals surface area contributed by atoms with Crippen LogP contribution in [-0.4, -0.2) is 16.1 Å². The number of aromatic nitrogens is 1. The average molecular weight is 259 g/mol. The lowest BCUT2D eigenvalue weighted by Gasteiger charge is -2.19. The number of aromatic carboxylic acids is 1. The first kappa shape index (κ1) is 13.3. The zero-order chi connectivity index (χ0) is 14.0. The molecule has 1 heterocycles. The lowest BCUT2D eigenvalue weighted by atomic mass is 9.86. The van der Waals surface area contributed by atoms with E-state index in [1.165, 1.54) is 0 Å². The van der Waals surface area contributed by atoms with Crippen molar-refractivity contribution in [3.8, 4) is 11.5 Å². The zero-order valence-electron chi connectivity index (χ0n) is 11.3. The smallest absolute Gasteiger partial charge is 0.358 e. The first-order valence-corrected chi connectivity index (χ1v) is 6.25. The summed E-state index contributed by atoms with van der Waals surface area (Å²) in [5, 5.41) is 9.26. The van der Waals surface area contributed by atoms with E-state index in [9.17, 15) is 9.90 Å². The summed E-state index contributed by atoms with van der Waals surface area (Å²) in [7, 11) is 0. The molecule has 0 unspecified atom stereocenters. The Kier molecular flexibility index (Phi) is 3.42. The van der Waals surface area contributed by atoms with Crippen molar-refractivity contribution in [3.05, 3.63) is 41.8 Å². The molecule has 2 aromatic rings. The van der Waals surface area contributed by atoms with Gasteiger partial charge in [0.15, 0.2) is 5.69 Å². The lowest BCUT2D eigenvalue weighted by Crippen LogP contribution is -2.18. The quantitative estimate of drug-likeness (QED) is 0.908. The molecule has 4 nitrogen and oxygen atoms in total. The monoisotopic (exact) mass is 259 g/mol. The first-order chi connectivity index (χ1) is 8.95. The maximum atomic E-state index is 11.3. The normalized spacial score (nSPS) is 11.5. The maximum Gasteiger partial charge on any atom is 0.358 e. The third-order valence-corrected chi connectivity index (χ3v) is 3.35. The highest BCUT2D eigenvalue weighted by molar-refractivity contribution is 5.87. The molecule has 0 radical (unpaired) electrons. The van der Waals surface area contributed by atoms with Crippen molar-refractivity contribution in [1.29, 1.82) is 0 Å². The number of carboxylic acid groups (broad SMARTS) is 1. The Bertz CT molecular complexity index is 585. The minimum Gasteiger partial charge on any atom is -0.476 e. The van der Waals surface area contributed by atoms with Crippen molar-refractivity contribution in [2.45, 2.75) is 32.6 Å². The van der Waals surface area contributed by atoms with Crippen LogP contribution in [0.1, 0.15) is 43.4 Å². The van der Waals surface area contributed by atoms with Gasteiger partial charge >= 0.3 is 5.97 Å². The molecule has 1 aromatic carbocycles. The summed E-state index contributed by atoms with van der Waals surface area (Å²) in [6.45, 7) is 5.90. The van der Waals surface area contributed by atoms with E-state index >= 15 is 0 Å². The summed E-state index contributed by atoms with van der Waals surface area (Å²) in [5.74, 6) is -0.265. The van der Waals surface area contributed by atoms with E-state index in [0.717, 1.165) is 12.0 Å². The predicted octanol–water partition coefficient (Wildman–Crippen LogP) is 3.73. The van der Waals surface area contributed by atoms with Crippen LogP contribution in [0, 0.1) is 0 Å². The zero-order valence-corrected chi connectivity index (χ0v) is 11.3. The standard InChI is InChI=1S/C15H17NO3/c1-4-15(2,3)12-11(14(17)18)16-13(19-12)10-8-6-5-7-9-10/h5-9H,4H2,1-3H3,(H,17,18). The van der Waals surface area contributed by atoms with E-state index in [1.807, 2.05) is 51.1 Å². The highest BCUT2D eigenvalue weighted by Gasteiger charge is 2.31. The summed E-state index contributed by atoms with van der Waals surface area (Å²) < 4.78 is 5.73. The fourth-order valence-corrected chi connectivity index (χ4v) is 1.79. The van der Waals surface area contributed by atoms with Gasteiger partial charge in [-0.05, 0) is 18.6 Å². The van der Waals surface area contributed by atoms with Gasteiger partial charge in [-0.1, -0.05) is 39.0 Å². The van der Waals surface area contributed by atoms with E-state index < -0.39 is 5.97 Å². The number of hydrogen-bond acceptors (Lipinski definition) is 3. The number of nitrogens with zero attached hydrogens (tertiary/aromatic N) is 1.